The Kier molecular flexibility index (Phi) is 5.83. The summed E-state index contributed by atoms with van der Waals surface area (Å²) < 4.78 is 47.3. The van der Waals surface area contributed by atoms with E-state index >= 15 is 0 Å². The Labute approximate surface area is 171 Å². The van der Waals surface area contributed by atoms with Gasteiger partial charge in [0, 0.05) is 20.2 Å². The van der Waals surface area contributed by atoms with E-state index in [1.54, 1.807) is 12.1 Å². The summed E-state index contributed by atoms with van der Waals surface area (Å²) in [5, 5.41) is 0.354. The normalized spacial score (nSPS) is 16.8. The average Bonchev–Trinajstić information content (AvgIpc) is 2.64. The van der Waals surface area contributed by atoms with E-state index in [0.29, 0.717) is 11.3 Å². The Morgan fingerprint density at radius 2 is 1.89 bits per heavy atom. The van der Waals surface area contributed by atoms with Crippen LogP contribution in [-0.2, 0) is 21.4 Å². The predicted molar refractivity (Wildman–Crippen MR) is 105 cm³/mol. The highest BCUT2D eigenvalue weighted by molar-refractivity contribution is 7.87. The summed E-state index contributed by atoms with van der Waals surface area (Å²) in [6.45, 7) is 0. The summed E-state index contributed by atoms with van der Waals surface area (Å²) in [5.41, 5.74) is 0.982. The van der Waals surface area contributed by atoms with Gasteiger partial charge in [-0.3, -0.25) is 4.79 Å². The van der Waals surface area contributed by atoms with Gasteiger partial charge < -0.3 is 9.64 Å². The first-order valence-corrected chi connectivity index (χ1v) is 10.3. The van der Waals surface area contributed by atoms with Gasteiger partial charge >= 0.3 is 0 Å². The number of fused-ring (bicyclic) bond motifs is 1. The van der Waals surface area contributed by atoms with Crippen molar-refractivity contribution < 1.29 is 22.3 Å². The third-order valence-electron chi connectivity index (χ3n) is 4.23. The van der Waals surface area contributed by atoms with Crippen LogP contribution in [0.5, 0.6) is 11.5 Å². The SMILES string of the molecule is CNS(=O)(=O)N[C@@H]1Cc2ccc(Cl)c(Oc3cc(F)ccc3Cl)c2N(C)C1=O. The highest BCUT2D eigenvalue weighted by Gasteiger charge is 2.36. The number of benzene rings is 2. The summed E-state index contributed by atoms with van der Waals surface area (Å²) in [4.78, 5) is 14.0. The summed E-state index contributed by atoms with van der Waals surface area (Å²) in [6, 6.07) is 5.85. The second-order valence-electron chi connectivity index (χ2n) is 6.04. The van der Waals surface area contributed by atoms with Crippen LogP contribution in [0.15, 0.2) is 30.3 Å². The third-order valence-corrected chi connectivity index (χ3v) is 5.97. The van der Waals surface area contributed by atoms with Crippen molar-refractivity contribution in [1.82, 2.24) is 9.44 Å². The first-order chi connectivity index (χ1) is 13.1. The lowest BCUT2D eigenvalue weighted by molar-refractivity contribution is -0.120. The minimum atomic E-state index is -3.82. The molecule has 150 valence electrons. The van der Waals surface area contributed by atoms with Crippen LogP contribution >= 0.6 is 23.2 Å². The number of hydrogen-bond acceptors (Lipinski definition) is 4. The third kappa shape index (κ3) is 4.08. The van der Waals surface area contributed by atoms with Gasteiger partial charge in [-0.25, -0.2) is 9.11 Å². The molecule has 2 aromatic carbocycles. The number of likely N-dealkylation sites (N-methyl/N-ethyl adjacent to an activating group) is 1. The Morgan fingerprint density at radius 1 is 1.21 bits per heavy atom. The number of hydrogen-bond donors (Lipinski definition) is 2. The summed E-state index contributed by atoms with van der Waals surface area (Å²) in [6.07, 6.45) is 0.0871. The van der Waals surface area contributed by atoms with E-state index in [0.717, 1.165) is 6.07 Å². The van der Waals surface area contributed by atoms with E-state index in [4.69, 9.17) is 27.9 Å². The van der Waals surface area contributed by atoms with Crippen LogP contribution < -0.4 is 19.1 Å². The molecule has 0 spiro atoms. The van der Waals surface area contributed by atoms with Crippen LogP contribution in [0.3, 0.4) is 0 Å². The van der Waals surface area contributed by atoms with E-state index in [1.807, 2.05) is 0 Å². The molecule has 28 heavy (non-hydrogen) atoms. The summed E-state index contributed by atoms with van der Waals surface area (Å²) in [5.74, 6) is -0.886. The fraction of sp³-hybridized carbons (Fsp3) is 0.235. The molecule has 1 heterocycles. The summed E-state index contributed by atoms with van der Waals surface area (Å²) in [7, 11) is -1.11. The number of nitrogens with one attached hydrogen (secondary N) is 2. The molecule has 1 aliphatic rings. The van der Waals surface area contributed by atoms with E-state index in [-0.39, 0.29) is 28.0 Å². The minimum absolute atomic E-state index is 0.0378. The van der Waals surface area contributed by atoms with Gasteiger partial charge in [-0.2, -0.15) is 13.1 Å². The minimum Gasteiger partial charge on any atom is -0.452 e. The molecule has 0 aliphatic carbocycles. The van der Waals surface area contributed by atoms with Crippen LogP contribution in [-0.4, -0.2) is 34.5 Å². The molecule has 0 aromatic heterocycles. The number of amides is 1. The van der Waals surface area contributed by atoms with Gasteiger partial charge in [0.15, 0.2) is 5.75 Å². The quantitative estimate of drug-likeness (QED) is 0.737. The zero-order valence-electron chi connectivity index (χ0n) is 14.8. The number of nitrogens with zero attached hydrogens (tertiary/aromatic N) is 1. The van der Waals surface area contributed by atoms with E-state index in [1.165, 1.54) is 31.1 Å². The summed E-state index contributed by atoms with van der Waals surface area (Å²) >= 11 is 12.3. The van der Waals surface area contributed by atoms with Crippen LogP contribution in [0, 0.1) is 5.82 Å². The number of ether oxygens (including phenoxy) is 1. The lowest BCUT2D eigenvalue weighted by atomic mass is 9.97. The molecule has 0 unspecified atom stereocenters. The zero-order chi connectivity index (χ0) is 20.6. The van der Waals surface area contributed by atoms with Crippen LogP contribution in [0.25, 0.3) is 0 Å². The zero-order valence-corrected chi connectivity index (χ0v) is 17.1. The van der Waals surface area contributed by atoms with Gasteiger partial charge in [-0.05, 0) is 30.2 Å². The smallest absolute Gasteiger partial charge is 0.277 e. The van der Waals surface area contributed by atoms with E-state index in [2.05, 4.69) is 9.44 Å². The second-order valence-corrected chi connectivity index (χ2v) is 8.51. The lowest BCUT2D eigenvalue weighted by Gasteiger charge is -2.33. The highest BCUT2D eigenvalue weighted by atomic mass is 35.5. The van der Waals surface area contributed by atoms with E-state index < -0.39 is 28.0 Å². The van der Waals surface area contributed by atoms with Crippen molar-refractivity contribution >= 4 is 45.0 Å². The van der Waals surface area contributed by atoms with Crippen LogP contribution in [0.1, 0.15) is 5.56 Å². The molecule has 2 N–H and O–H groups in total. The number of rotatable bonds is 5. The van der Waals surface area contributed by atoms with Gasteiger partial charge in [0.25, 0.3) is 10.2 Å². The molecule has 2 aromatic rings. The Morgan fingerprint density at radius 3 is 2.57 bits per heavy atom. The standard InChI is InChI=1S/C17H16Cl2FN3O4S/c1-21-28(25,26)22-13-7-9-3-5-12(19)16(15(9)23(2)17(13)24)27-14-8-10(20)4-6-11(14)18/h3-6,8,13,21-22H,7H2,1-2H3/t13-/m1/s1. The largest absolute Gasteiger partial charge is 0.452 e. The topological polar surface area (TPSA) is 87.7 Å². The maximum atomic E-state index is 13.6. The molecule has 0 bridgehead atoms. The maximum Gasteiger partial charge on any atom is 0.277 e. The van der Waals surface area contributed by atoms with Gasteiger partial charge in [0.1, 0.15) is 17.6 Å². The van der Waals surface area contributed by atoms with Crippen LogP contribution in [0.4, 0.5) is 10.1 Å². The highest BCUT2D eigenvalue weighted by Crippen LogP contribution is 2.44. The Bertz CT molecular complexity index is 1050. The fourth-order valence-electron chi connectivity index (χ4n) is 2.87. The van der Waals surface area contributed by atoms with Crippen molar-refractivity contribution in [2.24, 2.45) is 0 Å². The molecule has 7 nitrogen and oxygen atoms in total. The van der Waals surface area contributed by atoms with Crippen molar-refractivity contribution in [2.45, 2.75) is 12.5 Å². The number of anilines is 1. The van der Waals surface area contributed by atoms with Crippen molar-refractivity contribution in [3.8, 4) is 11.5 Å². The molecular weight excluding hydrogens is 432 g/mol. The molecule has 1 amide bonds. The molecule has 0 saturated carbocycles. The molecule has 1 aliphatic heterocycles. The van der Waals surface area contributed by atoms with Crippen molar-refractivity contribution in [1.29, 1.82) is 0 Å². The van der Waals surface area contributed by atoms with Gasteiger partial charge in [-0.1, -0.05) is 29.3 Å². The molecule has 0 fully saturated rings. The maximum absolute atomic E-state index is 13.6. The molecule has 0 saturated heterocycles. The average molecular weight is 448 g/mol. The fourth-order valence-corrected chi connectivity index (χ4v) is 3.90. The molecule has 1 atom stereocenters. The predicted octanol–water partition coefficient (Wildman–Crippen LogP) is 2.87. The number of carbonyl (C=O) groups is 1. The number of halogens is 3. The molecular formula is C17H16Cl2FN3O4S. The first kappa shape index (κ1) is 20.8. The molecule has 11 heteroatoms. The van der Waals surface area contributed by atoms with Gasteiger partial charge in [-0.15, -0.1) is 0 Å². The Hall–Kier alpha value is -1.91. The van der Waals surface area contributed by atoms with E-state index in [9.17, 15) is 17.6 Å². The van der Waals surface area contributed by atoms with Crippen molar-refractivity contribution in [3.63, 3.8) is 0 Å². The Balaban J connectivity index is 2.03. The first-order valence-electron chi connectivity index (χ1n) is 8.05. The monoisotopic (exact) mass is 447 g/mol. The van der Waals surface area contributed by atoms with Gasteiger partial charge in [0.2, 0.25) is 5.91 Å². The van der Waals surface area contributed by atoms with Crippen LogP contribution in [0.2, 0.25) is 10.0 Å². The lowest BCUT2D eigenvalue weighted by Crippen LogP contribution is -2.53. The van der Waals surface area contributed by atoms with Crippen molar-refractivity contribution in [2.75, 3.05) is 19.0 Å². The van der Waals surface area contributed by atoms with Crippen molar-refractivity contribution in [3.05, 3.63) is 51.8 Å². The number of carbonyl (C=O) groups excluding carboxylic acids is 1. The molecule has 0 radical (unpaired) electrons. The second kappa shape index (κ2) is 7.84. The molecule has 3 rings (SSSR count). The van der Waals surface area contributed by atoms with Gasteiger partial charge in [0.05, 0.1) is 15.7 Å².